The standard InChI is InChI=1S/C20H20N6O2S/c1-13-16(9-15(10-21)18(27)23-13)17-12-29-20(24-17)26(8-7-25(2)3)19(28)14-5-4-6-22-11-14/h4-6,9,11-12H,7-8H2,1-3H3,(H,23,27). The number of hydrogen-bond donors (Lipinski definition) is 1. The number of likely N-dealkylation sites (N-methyl/N-ethyl adjacent to an activating group) is 1. The van der Waals surface area contributed by atoms with Gasteiger partial charge in [0.1, 0.15) is 11.6 Å². The molecule has 0 radical (unpaired) electrons. The third-order valence-corrected chi connectivity index (χ3v) is 5.15. The first-order valence-corrected chi connectivity index (χ1v) is 9.75. The van der Waals surface area contributed by atoms with Crippen LogP contribution < -0.4 is 10.5 Å². The van der Waals surface area contributed by atoms with Crippen LogP contribution in [0, 0.1) is 18.3 Å². The van der Waals surface area contributed by atoms with E-state index in [-0.39, 0.29) is 11.5 Å². The predicted molar refractivity (Wildman–Crippen MR) is 112 cm³/mol. The average Bonchev–Trinajstić information content (AvgIpc) is 3.18. The summed E-state index contributed by atoms with van der Waals surface area (Å²) in [7, 11) is 3.88. The fourth-order valence-electron chi connectivity index (χ4n) is 2.71. The number of anilines is 1. The monoisotopic (exact) mass is 408 g/mol. The highest BCUT2D eigenvalue weighted by Crippen LogP contribution is 2.29. The average molecular weight is 408 g/mol. The Labute approximate surface area is 172 Å². The van der Waals surface area contributed by atoms with Gasteiger partial charge in [0.05, 0.1) is 11.3 Å². The van der Waals surface area contributed by atoms with E-state index in [2.05, 4.69) is 15.0 Å². The lowest BCUT2D eigenvalue weighted by molar-refractivity contribution is 0.0985. The zero-order valence-corrected chi connectivity index (χ0v) is 17.2. The van der Waals surface area contributed by atoms with Gasteiger partial charge >= 0.3 is 0 Å². The van der Waals surface area contributed by atoms with E-state index in [9.17, 15) is 9.59 Å². The lowest BCUT2D eigenvalue weighted by Crippen LogP contribution is -2.36. The number of amides is 1. The summed E-state index contributed by atoms with van der Waals surface area (Å²) in [5.74, 6) is -0.184. The fourth-order valence-corrected chi connectivity index (χ4v) is 3.56. The third kappa shape index (κ3) is 4.56. The Balaban J connectivity index is 1.99. The van der Waals surface area contributed by atoms with Gasteiger partial charge < -0.3 is 9.88 Å². The lowest BCUT2D eigenvalue weighted by Gasteiger charge is -2.22. The van der Waals surface area contributed by atoms with E-state index >= 15 is 0 Å². The van der Waals surface area contributed by atoms with Gasteiger partial charge in [-0.15, -0.1) is 11.3 Å². The van der Waals surface area contributed by atoms with Crippen molar-refractivity contribution in [3.05, 3.63) is 63.1 Å². The maximum absolute atomic E-state index is 13.1. The minimum Gasteiger partial charge on any atom is -0.325 e. The molecule has 0 aromatic carbocycles. The van der Waals surface area contributed by atoms with Gasteiger partial charge in [0.25, 0.3) is 11.5 Å². The maximum Gasteiger partial charge on any atom is 0.266 e. The van der Waals surface area contributed by atoms with Crippen molar-refractivity contribution in [2.24, 2.45) is 0 Å². The summed E-state index contributed by atoms with van der Waals surface area (Å²) >= 11 is 1.33. The topological polar surface area (TPSA) is 106 Å². The summed E-state index contributed by atoms with van der Waals surface area (Å²) in [6.45, 7) is 2.88. The minimum absolute atomic E-state index is 0.0241. The molecule has 1 amide bonds. The van der Waals surface area contributed by atoms with E-state index in [1.54, 1.807) is 30.2 Å². The molecule has 0 bridgehead atoms. The van der Waals surface area contributed by atoms with Crippen molar-refractivity contribution in [1.82, 2.24) is 19.9 Å². The van der Waals surface area contributed by atoms with Gasteiger partial charge in [-0.2, -0.15) is 5.26 Å². The summed E-state index contributed by atoms with van der Waals surface area (Å²) in [5, 5.41) is 11.5. The van der Waals surface area contributed by atoms with E-state index in [0.29, 0.717) is 40.7 Å². The zero-order valence-electron chi connectivity index (χ0n) is 16.3. The van der Waals surface area contributed by atoms with Crippen molar-refractivity contribution < 1.29 is 4.79 Å². The molecule has 3 rings (SSSR count). The van der Waals surface area contributed by atoms with Gasteiger partial charge in [-0.3, -0.25) is 19.5 Å². The van der Waals surface area contributed by atoms with Gasteiger partial charge in [-0.1, -0.05) is 0 Å². The molecule has 0 aliphatic rings. The van der Waals surface area contributed by atoms with E-state index in [1.165, 1.54) is 23.6 Å². The molecular formula is C20H20N6O2S. The van der Waals surface area contributed by atoms with Crippen LogP contribution in [-0.4, -0.2) is 52.9 Å². The van der Waals surface area contributed by atoms with E-state index < -0.39 is 5.56 Å². The Hall–Kier alpha value is -3.35. The van der Waals surface area contributed by atoms with Gasteiger partial charge in [0, 0.05) is 42.1 Å². The Morgan fingerprint density at radius 3 is 2.79 bits per heavy atom. The number of nitriles is 1. The number of aryl methyl sites for hydroxylation is 1. The molecule has 29 heavy (non-hydrogen) atoms. The largest absolute Gasteiger partial charge is 0.325 e. The first-order chi connectivity index (χ1) is 13.9. The molecule has 0 atom stereocenters. The van der Waals surface area contributed by atoms with E-state index in [0.717, 1.165) is 0 Å². The number of carbonyl (C=O) groups excluding carboxylic acids is 1. The number of carbonyl (C=O) groups is 1. The second-order valence-electron chi connectivity index (χ2n) is 6.68. The second-order valence-corrected chi connectivity index (χ2v) is 7.52. The molecule has 3 aromatic heterocycles. The Bertz CT molecular complexity index is 1110. The van der Waals surface area contributed by atoms with Gasteiger partial charge in [-0.25, -0.2) is 4.98 Å². The number of nitrogens with zero attached hydrogens (tertiary/aromatic N) is 5. The molecule has 0 aliphatic heterocycles. The van der Waals surface area contributed by atoms with Crippen LogP contribution in [0.5, 0.6) is 0 Å². The first kappa shape index (κ1) is 20.4. The highest BCUT2D eigenvalue weighted by Gasteiger charge is 2.22. The van der Waals surface area contributed by atoms with Crippen molar-refractivity contribution in [3.8, 4) is 17.3 Å². The van der Waals surface area contributed by atoms with Crippen molar-refractivity contribution in [2.45, 2.75) is 6.92 Å². The molecule has 1 N–H and O–H groups in total. The van der Waals surface area contributed by atoms with Crippen molar-refractivity contribution in [1.29, 1.82) is 5.26 Å². The van der Waals surface area contributed by atoms with Crippen LogP contribution in [0.4, 0.5) is 5.13 Å². The Kier molecular flexibility index (Phi) is 6.16. The smallest absolute Gasteiger partial charge is 0.266 e. The normalized spacial score (nSPS) is 10.7. The van der Waals surface area contributed by atoms with E-state index in [1.807, 2.05) is 30.4 Å². The van der Waals surface area contributed by atoms with Crippen molar-refractivity contribution in [3.63, 3.8) is 0 Å². The molecule has 3 aromatic rings. The minimum atomic E-state index is -0.427. The summed E-state index contributed by atoms with van der Waals surface area (Å²) in [6.07, 6.45) is 3.15. The van der Waals surface area contributed by atoms with Gasteiger partial charge in [0.15, 0.2) is 5.13 Å². The van der Waals surface area contributed by atoms with Crippen LogP contribution in [0.15, 0.2) is 40.8 Å². The van der Waals surface area contributed by atoms with Crippen LogP contribution in [0.2, 0.25) is 0 Å². The van der Waals surface area contributed by atoms with E-state index in [4.69, 9.17) is 5.26 Å². The molecular weight excluding hydrogens is 388 g/mol. The highest BCUT2D eigenvalue weighted by molar-refractivity contribution is 7.14. The van der Waals surface area contributed by atoms with Crippen LogP contribution >= 0.6 is 11.3 Å². The quantitative estimate of drug-likeness (QED) is 0.671. The predicted octanol–water partition coefficient (Wildman–Crippen LogP) is 2.28. The second kappa shape index (κ2) is 8.77. The summed E-state index contributed by atoms with van der Waals surface area (Å²) in [4.78, 5) is 39.8. The van der Waals surface area contributed by atoms with Crippen molar-refractivity contribution in [2.75, 3.05) is 32.1 Å². The van der Waals surface area contributed by atoms with Crippen LogP contribution in [0.3, 0.4) is 0 Å². The first-order valence-electron chi connectivity index (χ1n) is 8.87. The number of H-pyrrole nitrogens is 1. The molecule has 0 unspecified atom stereocenters. The zero-order chi connectivity index (χ0) is 21.0. The number of rotatable bonds is 6. The number of aromatic nitrogens is 3. The maximum atomic E-state index is 13.1. The van der Waals surface area contributed by atoms with Gasteiger partial charge in [-0.05, 0) is 39.2 Å². The highest BCUT2D eigenvalue weighted by atomic mass is 32.1. The molecule has 0 spiro atoms. The molecule has 148 valence electrons. The number of hydrogen-bond acceptors (Lipinski definition) is 7. The molecule has 3 heterocycles. The summed E-state index contributed by atoms with van der Waals surface area (Å²) in [5.41, 5.74) is 1.95. The third-order valence-electron chi connectivity index (χ3n) is 4.28. The molecule has 9 heteroatoms. The summed E-state index contributed by atoms with van der Waals surface area (Å²) in [6, 6.07) is 6.86. The number of thiazole rings is 1. The van der Waals surface area contributed by atoms with Crippen LogP contribution in [-0.2, 0) is 0 Å². The lowest BCUT2D eigenvalue weighted by atomic mass is 10.1. The number of aromatic amines is 1. The van der Waals surface area contributed by atoms with Gasteiger partial charge in [0.2, 0.25) is 0 Å². The SMILES string of the molecule is Cc1[nH]c(=O)c(C#N)cc1-c1csc(N(CCN(C)C)C(=O)c2cccnc2)n1. The molecule has 0 saturated carbocycles. The molecule has 0 fully saturated rings. The Morgan fingerprint density at radius 2 is 2.14 bits per heavy atom. The number of nitrogens with one attached hydrogen (secondary N) is 1. The van der Waals surface area contributed by atoms with Crippen LogP contribution in [0.25, 0.3) is 11.3 Å². The van der Waals surface area contributed by atoms with Crippen molar-refractivity contribution >= 4 is 22.4 Å². The molecule has 0 aliphatic carbocycles. The number of pyridine rings is 2. The molecule has 8 nitrogen and oxygen atoms in total. The van der Waals surface area contributed by atoms with Crippen LogP contribution in [0.1, 0.15) is 21.6 Å². The fraction of sp³-hybridized carbons (Fsp3) is 0.250. The Morgan fingerprint density at radius 1 is 1.34 bits per heavy atom. The molecule has 0 saturated heterocycles. The summed E-state index contributed by atoms with van der Waals surface area (Å²) < 4.78 is 0.